The lowest BCUT2D eigenvalue weighted by atomic mass is 10.0. The Hall–Kier alpha value is -1.83. The normalized spacial score (nSPS) is 12.4. The number of nitrogens with one attached hydrogen (secondary N) is 1. The van der Waals surface area contributed by atoms with Gasteiger partial charge in [0.2, 0.25) is 0 Å². The van der Waals surface area contributed by atoms with E-state index in [-0.39, 0.29) is 11.9 Å². The molecule has 0 aromatic heterocycles. The summed E-state index contributed by atoms with van der Waals surface area (Å²) < 4.78 is 13.3. The minimum absolute atomic E-state index is 0.135. The fourth-order valence-electron chi connectivity index (χ4n) is 2.31. The molecule has 0 bridgehead atoms. The van der Waals surface area contributed by atoms with Crippen molar-refractivity contribution in [1.82, 2.24) is 0 Å². The van der Waals surface area contributed by atoms with E-state index < -0.39 is 0 Å². The molecule has 0 aliphatic heterocycles. The second kappa shape index (κ2) is 6.56. The van der Waals surface area contributed by atoms with E-state index in [4.69, 9.17) is 0 Å². The number of anilines is 1. The fraction of sp³-hybridized carbons (Fsp3) is 0.333. The Morgan fingerprint density at radius 2 is 1.70 bits per heavy atom. The molecule has 20 heavy (non-hydrogen) atoms. The molecule has 0 radical (unpaired) electrons. The van der Waals surface area contributed by atoms with Crippen LogP contribution in [0.2, 0.25) is 0 Å². The van der Waals surface area contributed by atoms with Crippen molar-refractivity contribution in [2.24, 2.45) is 0 Å². The van der Waals surface area contributed by atoms with Crippen LogP contribution in [-0.4, -0.2) is 0 Å². The average molecular weight is 271 g/mol. The van der Waals surface area contributed by atoms with E-state index in [1.165, 1.54) is 11.6 Å². The van der Waals surface area contributed by atoms with Crippen LogP contribution in [0.1, 0.15) is 50.3 Å². The van der Waals surface area contributed by atoms with Crippen LogP contribution in [0.15, 0.2) is 48.5 Å². The van der Waals surface area contributed by atoms with Gasteiger partial charge in [-0.3, -0.25) is 0 Å². The second-order valence-electron chi connectivity index (χ2n) is 5.44. The molecule has 0 fully saturated rings. The van der Waals surface area contributed by atoms with Crippen LogP contribution in [0.25, 0.3) is 0 Å². The van der Waals surface area contributed by atoms with Gasteiger partial charge >= 0.3 is 0 Å². The Morgan fingerprint density at radius 3 is 2.25 bits per heavy atom. The Bertz CT molecular complexity index is 546. The largest absolute Gasteiger partial charge is 0.378 e. The maximum absolute atomic E-state index is 13.3. The summed E-state index contributed by atoms with van der Waals surface area (Å²) >= 11 is 0. The van der Waals surface area contributed by atoms with E-state index in [1.54, 1.807) is 12.1 Å². The molecule has 2 heteroatoms. The van der Waals surface area contributed by atoms with Crippen LogP contribution < -0.4 is 5.32 Å². The Balaban J connectivity index is 2.14. The average Bonchev–Trinajstić information content (AvgIpc) is 2.45. The molecule has 0 aliphatic rings. The summed E-state index contributed by atoms with van der Waals surface area (Å²) in [5, 5.41) is 3.47. The number of hydrogen-bond donors (Lipinski definition) is 1. The lowest BCUT2D eigenvalue weighted by Gasteiger charge is -2.19. The summed E-state index contributed by atoms with van der Waals surface area (Å²) in [6.07, 6.45) is 0.912. The van der Waals surface area contributed by atoms with Crippen LogP contribution in [0.5, 0.6) is 0 Å². The third-order valence-corrected chi connectivity index (χ3v) is 3.58. The SMILES string of the molecule is CCC(Nc1ccc(C(C)C)cc1)c1cccc(F)c1. The molecule has 2 aromatic rings. The van der Waals surface area contributed by atoms with Gasteiger partial charge in [-0.25, -0.2) is 4.39 Å². The lowest BCUT2D eigenvalue weighted by molar-refractivity contribution is 0.621. The monoisotopic (exact) mass is 271 g/mol. The standard InChI is InChI=1S/C18H22FN/c1-4-18(15-6-5-7-16(19)12-15)20-17-10-8-14(9-11-17)13(2)3/h5-13,18,20H,4H2,1-3H3. The van der Waals surface area contributed by atoms with Crippen LogP contribution in [0.4, 0.5) is 10.1 Å². The molecule has 1 atom stereocenters. The quantitative estimate of drug-likeness (QED) is 0.755. The number of halogens is 1. The summed E-state index contributed by atoms with van der Waals surface area (Å²) in [6, 6.07) is 15.4. The Labute approximate surface area is 120 Å². The van der Waals surface area contributed by atoms with Crippen LogP contribution >= 0.6 is 0 Å². The lowest BCUT2D eigenvalue weighted by Crippen LogP contribution is -2.09. The smallest absolute Gasteiger partial charge is 0.123 e. The molecule has 1 N–H and O–H groups in total. The van der Waals surface area contributed by atoms with Gasteiger partial charge < -0.3 is 5.32 Å². The third-order valence-electron chi connectivity index (χ3n) is 3.58. The van der Waals surface area contributed by atoms with Gasteiger partial charge in [0.25, 0.3) is 0 Å². The predicted octanol–water partition coefficient (Wildman–Crippen LogP) is 5.51. The Kier molecular flexibility index (Phi) is 4.78. The van der Waals surface area contributed by atoms with Crippen molar-refractivity contribution in [3.8, 4) is 0 Å². The van der Waals surface area contributed by atoms with E-state index in [2.05, 4.69) is 50.4 Å². The second-order valence-corrected chi connectivity index (χ2v) is 5.44. The molecule has 1 nitrogen and oxygen atoms in total. The van der Waals surface area contributed by atoms with E-state index >= 15 is 0 Å². The van der Waals surface area contributed by atoms with Crippen molar-refractivity contribution >= 4 is 5.69 Å². The van der Waals surface area contributed by atoms with Gasteiger partial charge in [-0.15, -0.1) is 0 Å². The number of benzene rings is 2. The highest BCUT2D eigenvalue weighted by Gasteiger charge is 2.10. The summed E-state index contributed by atoms with van der Waals surface area (Å²) in [6.45, 7) is 6.47. The Morgan fingerprint density at radius 1 is 1.00 bits per heavy atom. The summed E-state index contributed by atoms with van der Waals surface area (Å²) in [7, 11) is 0. The van der Waals surface area contributed by atoms with Gasteiger partial charge in [-0.2, -0.15) is 0 Å². The van der Waals surface area contributed by atoms with Crippen molar-refractivity contribution in [3.05, 3.63) is 65.5 Å². The first-order valence-corrected chi connectivity index (χ1v) is 7.22. The minimum Gasteiger partial charge on any atom is -0.378 e. The summed E-state index contributed by atoms with van der Waals surface area (Å²) in [5.41, 5.74) is 3.39. The molecule has 1 unspecified atom stereocenters. The van der Waals surface area contributed by atoms with Gasteiger partial charge in [0, 0.05) is 5.69 Å². The van der Waals surface area contributed by atoms with Gasteiger partial charge in [0.05, 0.1) is 6.04 Å². The molecule has 106 valence electrons. The zero-order valence-electron chi connectivity index (χ0n) is 12.4. The van der Waals surface area contributed by atoms with E-state index in [9.17, 15) is 4.39 Å². The molecule has 2 aromatic carbocycles. The fourth-order valence-corrected chi connectivity index (χ4v) is 2.31. The van der Waals surface area contributed by atoms with Gasteiger partial charge in [-0.05, 0) is 47.7 Å². The molecule has 0 spiro atoms. The minimum atomic E-state index is -0.182. The van der Waals surface area contributed by atoms with E-state index in [0.29, 0.717) is 5.92 Å². The van der Waals surface area contributed by atoms with Crippen molar-refractivity contribution in [1.29, 1.82) is 0 Å². The zero-order chi connectivity index (χ0) is 14.5. The highest BCUT2D eigenvalue weighted by molar-refractivity contribution is 5.47. The number of hydrogen-bond acceptors (Lipinski definition) is 1. The van der Waals surface area contributed by atoms with Crippen LogP contribution in [-0.2, 0) is 0 Å². The van der Waals surface area contributed by atoms with Crippen molar-refractivity contribution in [2.75, 3.05) is 5.32 Å². The first-order chi connectivity index (χ1) is 9.60. The molecular weight excluding hydrogens is 249 g/mol. The van der Waals surface area contributed by atoms with E-state index in [1.807, 2.05) is 6.07 Å². The highest BCUT2D eigenvalue weighted by Crippen LogP contribution is 2.24. The molecule has 0 saturated carbocycles. The predicted molar refractivity (Wildman–Crippen MR) is 83.6 cm³/mol. The third kappa shape index (κ3) is 3.60. The first-order valence-electron chi connectivity index (χ1n) is 7.22. The molecule has 0 amide bonds. The van der Waals surface area contributed by atoms with Gasteiger partial charge in [0.1, 0.15) is 5.82 Å². The van der Waals surface area contributed by atoms with E-state index in [0.717, 1.165) is 17.7 Å². The molecule has 2 rings (SSSR count). The summed E-state index contributed by atoms with van der Waals surface area (Å²) in [4.78, 5) is 0. The number of rotatable bonds is 5. The van der Waals surface area contributed by atoms with Crippen molar-refractivity contribution < 1.29 is 4.39 Å². The molecular formula is C18H22FN. The first kappa shape index (κ1) is 14.6. The van der Waals surface area contributed by atoms with Crippen molar-refractivity contribution in [3.63, 3.8) is 0 Å². The highest BCUT2D eigenvalue weighted by atomic mass is 19.1. The van der Waals surface area contributed by atoms with Crippen LogP contribution in [0.3, 0.4) is 0 Å². The molecule has 0 saturated heterocycles. The van der Waals surface area contributed by atoms with Gasteiger partial charge in [0.15, 0.2) is 0 Å². The summed E-state index contributed by atoms with van der Waals surface area (Å²) in [5.74, 6) is 0.354. The molecule has 0 heterocycles. The van der Waals surface area contributed by atoms with Gasteiger partial charge in [-0.1, -0.05) is 45.0 Å². The van der Waals surface area contributed by atoms with Crippen LogP contribution in [0, 0.1) is 5.82 Å². The van der Waals surface area contributed by atoms with Crippen molar-refractivity contribution in [2.45, 2.75) is 39.2 Å². The maximum atomic E-state index is 13.3. The zero-order valence-corrected chi connectivity index (χ0v) is 12.4. The maximum Gasteiger partial charge on any atom is 0.123 e. The topological polar surface area (TPSA) is 12.0 Å². The molecule has 0 aliphatic carbocycles.